The van der Waals surface area contributed by atoms with Gasteiger partial charge in [0.15, 0.2) is 0 Å². The van der Waals surface area contributed by atoms with Gasteiger partial charge in [-0.15, -0.1) is 0 Å². The van der Waals surface area contributed by atoms with Gasteiger partial charge >= 0.3 is 11.9 Å². The molecular weight excluding hydrogens is 486 g/mol. The molecule has 0 saturated heterocycles. The Morgan fingerprint density at radius 3 is 1.89 bits per heavy atom. The number of rotatable bonds is 16. The summed E-state index contributed by atoms with van der Waals surface area (Å²) in [7, 11) is 0. The number of hydrogen-bond donors (Lipinski definition) is 7. The summed E-state index contributed by atoms with van der Waals surface area (Å²) in [6.45, 7) is 3.52. The fourth-order valence-electron chi connectivity index (χ4n) is 3.42. The van der Waals surface area contributed by atoms with Gasteiger partial charge in [-0.3, -0.25) is 24.0 Å². The average Bonchev–Trinajstić information content (AvgIpc) is 2.80. The van der Waals surface area contributed by atoms with Crippen LogP contribution in [-0.2, 0) is 35.2 Å². The molecule has 1 aromatic rings. The van der Waals surface area contributed by atoms with E-state index in [4.69, 9.17) is 16.6 Å². The molecule has 9 N–H and O–H groups in total. The molecule has 0 aliphatic heterocycles. The summed E-state index contributed by atoms with van der Waals surface area (Å²) >= 11 is 0. The minimum absolute atomic E-state index is 0.0909. The van der Waals surface area contributed by atoms with E-state index in [1.807, 2.05) is 0 Å². The van der Waals surface area contributed by atoms with Crippen LogP contribution in [-0.4, -0.2) is 69.9 Å². The molecule has 13 nitrogen and oxygen atoms in total. The molecule has 1 aromatic carbocycles. The van der Waals surface area contributed by atoms with Gasteiger partial charge in [-0.05, 0) is 30.7 Å². The van der Waals surface area contributed by atoms with E-state index in [1.165, 1.54) is 0 Å². The van der Waals surface area contributed by atoms with Gasteiger partial charge in [-0.25, -0.2) is 4.79 Å². The Morgan fingerprint density at radius 2 is 1.38 bits per heavy atom. The molecular formula is C24H35N5O8. The van der Waals surface area contributed by atoms with E-state index in [-0.39, 0.29) is 25.2 Å². The Balaban J connectivity index is 2.97. The smallest absolute Gasteiger partial charge is 0.326 e. The summed E-state index contributed by atoms with van der Waals surface area (Å²) in [5.41, 5.74) is 12.0. The van der Waals surface area contributed by atoms with E-state index in [9.17, 15) is 33.9 Å². The quantitative estimate of drug-likeness (QED) is 0.139. The van der Waals surface area contributed by atoms with Crippen LogP contribution >= 0.6 is 0 Å². The number of primary amides is 1. The van der Waals surface area contributed by atoms with Gasteiger partial charge in [-0.1, -0.05) is 44.2 Å². The molecule has 4 atom stereocenters. The molecule has 0 aliphatic rings. The van der Waals surface area contributed by atoms with Crippen molar-refractivity contribution in [3.8, 4) is 0 Å². The van der Waals surface area contributed by atoms with Crippen molar-refractivity contribution in [3.63, 3.8) is 0 Å². The van der Waals surface area contributed by atoms with Crippen LogP contribution in [0.1, 0.15) is 45.1 Å². The number of nitrogens with two attached hydrogens (primary N) is 2. The molecule has 4 amide bonds. The number of hydrogen-bond acceptors (Lipinski definition) is 7. The number of aliphatic carboxylic acids is 2. The van der Waals surface area contributed by atoms with Crippen LogP contribution in [0.4, 0.5) is 0 Å². The summed E-state index contributed by atoms with van der Waals surface area (Å²) in [5.74, 6) is -6.14. The van der Waals surface area contributed by atoms with E-state index >= 15 is 0 Å². The predicted octanol–water partition coefficient (Wildman–Crippen LogP) is -1.12. The zero-order valence-corrected chi connectivity index (χ0v) is 20.8. The van der Waals surface area contributed by atoms with Gasteiger partial charge in [0.2, 0.25) is 23.6 Å². The van der Waals surface area contributed by atoms with Gasteiger partial charge in [0.05, 0.1) is 12.5 Å². The average molecular weight is 522 g/mol. The van der Waals surface area contributed by atoms with Crippen LogP contribution in [0.25, 0.3) is 0 Å². The molecule has 0 aromatic heterocycles. The summed E-state index contributed by atoms with van der Waals surface area (Å²) < 4.78 is 0. The largest absolute Gasteiger partial charge is 0.481 e. The lowest BCUT2D eigenvalue weighted by molar-refractivity contribution is -0.143. The van der Waals surface area contributed by atoms with Crippen LogP contribution in [0.3, 0.4) is 0 Å². The van der Waals surface area contributed by atoms with E-state index in [0.717, 1.165) is 5.56 Å². The lowest BCUT2D eigenvalue weighted by Gasteiger charge is -2.25. The first-order valence-corrected chi connectivity index (χ1v) is 11.7. The summed E-state index contributed by atoms with van der Waals surface area (Å²) in [4.78, 5) is 72.2. The lowest BCUT2D eigenvalue weighted by Crippen LogP contribution is -2.58. The highest BCUT2D eigenvalue weighted by molar-refractivity contribution is 5.96. The van der Waals surface area contributed by atoms with E-state index < -0.39 is 72.6 Å². The normalized spacial score (nSPS) is 14.1. The van der Waals surface area contributed by atoms with Crippen LogP contribution < -0.4 is 27.4 Å². The van der Waals surface area contributed by atoms with Crippen LogP contribution in [0, 0.1) is 5.92 Å². The second-order valence-electron chi connectivity index (χ2n) is 9.05. The third-order valence-corrected chi connectivity index (χ3v) is 5.28. The molecule has 13 heteroatoms. The Kier molecular flexibility index (Phi) is 12.7. The van der Waals surface area contributed by atoms with E-state index in [1.54, 1.807) is 44.2 Å². The highest BCUT2D eigenvalue weighted by Gasteiger charge is 2.31. The molecule has 37 heavy (non-hydrogen) atoms. The Hall–Kier alpha value is -4.00. The molecule has 4 unspecified atom stereocenters. The minimum atomic E-state index is -1.49. The van der Waals surface area contributed by atoms with Crippen molar-refractivity contribution in [1.82, 2.24) is 16.0 Å². The van der Waals surface area contributed by atoms with Crippen molar-refractivity contribution < 1.29 is 39.0 Å². The Labute approximate surface area is 214 Å². The maximum absolute atomic E-state index is 13.0. The van der Waals surface area contributed by atoms with Gasteiger partial charge in [-0.2, -0.15) is 0 Å². The standard InChI is InChI=1S/C24H35N5O8/c1-13(2)10-17(22(34)27-16(24(36)37)8-9-20(31)32)29-23(35)18(12-19(26)30)28-21(33)15(25)11-14-6-4-3-5-7-14/h3-7,13,15-18H,8-12,25H2,1-2H3,(H2,26,30)(H,27,34)(H,28,33)(H,29,35)(H,31,32)(H,36,37). The molecule has 0 saturated carbocycles. The van der Waals surface area contributed by atoms with Gasteiger partial charge in [0.1, 0.15) is 18.1 Å². The summed E-state index contributed by atoms with van der Waals surface area (Å²) in [6.07, 6.45) is -1.16. The molecule has 0 aliphatic carbocycles. The number of carbonyl (C=O) groups is 6. The monoisotopic (exact) mass is 521 g/mol. The number of amides is 4. The lowest BCUT2D eigenvalue weighted by atomic mass is 10.0. The van der Waals surface area contributed by atoms with Crippen LogP contribution in [0.2, 0.25) is 0 Å². The summed E-state index contributed by atoms with van der Waals surface area (Å²) in [6, 6.07) is 3.71. The van der Waals surface area contributed by atoms with Crippen molar-refractivity contribution in [2.45, 2.75) is 70.1 Å². The molecule has 0 fully saturated rings. The Morgan fingerprint density at radius 1 is 0.838 bits per heavy atom. The third-order valence-electron chi connectivity index (χ3n) is 5.28. The van der Waals surface area contributed by atoms with Gasteiger partial charge in [0, 0.05) is 6.42 Å². The number of carboxylic acids is 2. The maximum Gasteiger partial charge on any atom is 0.326 e. The number of carbonyl (C=O) groups excluding carboxylic acids is 4. The number of nitrogens with one attached hydrogen (secondary N) is 3. The first-order chi connectivity index (χ1) is 17.3. The molecule has 0 spiro atoms. The van der Waals surface area contributed by atoms with Crippen LogP contribution in [0.15, 0.2) is 30.3 Å². The SMILES string of the molecule is CC(C)CC(NC(=O)C(CC(N)=O)NC(=O)C(N)Cc1ccccc1)C(=O)NC(CCC(=O)O)C(=O)O. The molecule has 0 radical (unpaired) electrons. The maximum atomic E-state index is 13.0. The first kappa shape index (κ1) is 31.0. The first-order valence-electron chi connectivity index (χ1n) is 11.7. The van der Waals surface area contributed by atoms with Crippen molar-refractivity contribution in [2.24, 2.45) is 17.4 Å². The van der Waals surface area contributed by atoms with Gasteiger partial charge < -0.3 is 37.6 Å². The molecule has 1 rings (SSSR count). The second kappa shape index (κ2) is 15.2. The van der Waals surface area contributed by atoms with Crippen molar-refractivity contribution in [2.75, 3.05) is 0 Å². The number of benzene rings is 1. The molecule has 0 bridgehead atoms. The topological polar surface area (TPSA) is 231 Å². The van der Waals surface area contributed by atoms with Gasteiger partial charge in [0.25, 0.3) is 0 Å². The third kappa shape index (κ3) is 12.0. The number of carboxylic acid groups (broad SMARTS) is 2. The fraction of sp³-hybridized carbons (Fsp3) is 0.500. The highest BCUT2D eigenvalue weighted by Crippen LogP contribution is 2.08. The summed E-state index contributed by atoms with van der Waals surface area (Å²) in [5, 5.41) is 25.2. The van der Waals surface area contributed by atoms with Crippen molar-refractivity contribution in [3.05, 3.63) is 35.9 Å². The Bertz CT molecular complexity index is 969. The fourth-order valence-corrected chi connectivity index (χ4v) is 3.42. The highest BCUT2D eigenvalue weighted by atomic mass is 16.4. The zero-order chi connectivity index (χ0) is 28.1. The minimum Gasteiger partial charge on any atom is -0.481 e. The van der Waals surface area contributed by atoms with Crippen LogP contribution in [0.5, 0.6) is 0 Å². The van der Waals surface area contributed by atoms with Crippen molar-refractivity contribution in [1.29, 1.82) is 0 Å². The predicted molar refractivity (Wildman–Crippen MR) is 132 cm³/mol. The zero-order valence-electron chi connectivity index (χ0n) is 20.8. The van der Waals surface area contributed by atoms with E-state index in [0.29, 0.717) is 0 Å². The van der Waals surface area contributed by atoms with Crippen molar-refractivity contribution >= 4 is 35.6 Å². The molecule has 204 valence electrons. The second-order valence-corrected chi connectivity index (χ2v) is 9.05. The van der Waals surface area contributed by atoms with E-state index in [2.05, 4.69) is 16.0 Å². The molecule has 0 heterocycles.